The van der Waals surface area contributed by atoms with Crippen molar-refractivity contribution in [1.82, 2.24) is 10.0 Å². The summed E-state index contributed by atoms with van der Waals surface area (Å²) in [5.41, 5.74) is 1.87. The van der Waals surface area contributed by atoms with Gasteiger partial charge in [-0.25, -0.2) is 17.9 Å². The van der Waals surface area contributed by atoms with Crippen LogP contribution in [0.15, 0.2) is 71.1 Å². The second-order valence-corrected chi connectivity index (χ2v) is 15.1. The molecule has 1 heterocycles. The van der Waals surface area contributed by atoms with Gasteiger partial charge in [0.2, 0.25) is 10.0 Å². The number of sulfonamides is 1. The number of rotatable bonds is 12. The van der Waals surface area contributed by atoms with Crippen LogP contribution >= 0.6 is 11.8 Å². The summed E-state index contributed by atoms with van der Waals surface area (Å²) >= 11 is 1.58. The highest BCUT2D eigenvalue weighted by molar-refractivity contribution is 8.14. The number of nitrogens with one attached hydrogen (secondary N) is 3. The Morgan fingerprint density at radius 3 is 2.40 bits per heavy atom. The van der Waals surface area contributed by atoms with Crippen LogP contribution in [0.2, 0.25) is 0 Å². The number of hydrogen-bond donors (Lipinski definition) is 4. The summed E-state index contributed by atoms with van der Waals surface area (Å²) in [6.07, 6.45) is -0.637. The molecule has 0 saturated heterocycles. The number of aliphatic hydroxyl groups is 1. The fourth-order valence-corrected chi connectivity index (χ4v) is 7.26. The molecule has 2 unspecified atom stereocenters. The number of anilines is 1. The highest BCUT2D eigenvalue weighted by Crippen LogP contribution is 2.31. The fourth-order valence-electron chi connectivity index (χ4n) is 4.65. The Morgan fingerprint density at radius 2 is 1.79 bits per heavy atom. The molecule has 0 saturated carbocycles. The minimum absolute atomic E-state index is 0.0421. The molecule has 11 heteroatoms. The number of ether oxygens (including phenoxy) is 1. The van der Waals surface area contributed by atoms with Crippen molar-refractivity contribution in [3.8, 4) is 0 Å². The maximum Gasteiger partial charge on any atom is 0.411 e. The molecule has 0 bridgehead atoms. The van der Waals surface area contributed by atoms with Gasteiger partial charge in [0.05, 0.1) is 28.2 Å². The van der Waals surface area contributed by atoms with Crippen LogP contribution in [0.5, 0.6) is 0 Å². The third-order valence-corrected chi connectivity index (χ3v) is 9.78. The molecule has 0 fully saturated rings. The second-order valence-electron chi connectivity index (χ2n) is 12.3. The topological polar surface area (TPSA) is 129 Å². The summed E-state index contributed by atoms with van der Waals surface area (Å²) in [6, 6.07) is 16.8. The monoisotopic (exact) mass is 630 g/mol. The van der Waals surface area contributed by atoms with Gasteiger partial charge in [-0.05, 0) is 64.7 Å². The first-order valence-corrected chi connectivity index (χ1v) is 17.1. The van der Waals surface area contributed by atoms with E-state index in [4.69, 9.17) is 9.73 Å². The van der Waals surface area contributed by atoms with E-state index in [1.165, 1.54) is 0 Å². The SMILES string of the molecule is C=C(C[C@H]1N=C(c2ccc(NC(=O)OC(C)C)cc2)SCC(NCC(O)Cc2ccccc2)[C@H]1C)S(=O)(=O)NC(C)(C)C. The van der Waals surface area contributed by atoms with Crippen molar-refractivity contribution in [2.24, 2.45) is 10.9 Å². The summed E-state index contributed by atoms with van der Waals surface area (Å²) in [6.45, 7) is 15.3. The van der Waals surface area contributed by atoms with Crippen LogP contribution in [0, 0.1) is 5.92 Å². The van der Waals surface area contributed by atoms with E-state index >= 15 is 0 Å². The van der Waals surface area contributed by atoms with Crippen molar-refractivity contribution in [2.75, 3.05) is 17.6 Å². The Morgan fingerprint density at radius 1 is 1.14 bits per heavy atom. The van der Waals surface area contributed by atoms with E-state index < -0.39 is 27.8 Å². The standard InChI is InChI=1S/C32H46N4O5S2/c1-21(2)41-31(38)34-26-15-13-25(14-16-26)30-35-28(17-22(3)43(39,40)36-32(5,6)7)23(4)29(20-42-30)33-19-27(37)18-24-11-9-8-10-12-24/h8-16,21,23,27-29,33,36-37H,3,17-20H2,1-2,4-7H3,(H,34,38)/t23-,27?,28+,29?/m0/s1. The summed E-state index contributed by atoms with van der Waals surface area (Å²) in [4.78, 5) is 17.2. The molecular weight excluding hydrogens is 585 g/mol. The molecular formula is C32H46N4O5S2. The lowest BCUT2D eigenvalue weighted by atomic mass is 9.92. The predicted molar refractivity (Wildman–Crippen MR) is 177 cm³/mol. The van der Waals surface area contributed by atoms with E-state index in [0.29, 0.717) is 24.4 Å². The summed E-state index contributed by atoms with van der Waals surface area (Å²) in [7, 11) is -3.77. The summed E-state index contributed by atoms with van der Waals surface area (Å²) in [5.74, 6) is 0.622. The van der Waals surface area contributed by atoms with Crippen molar-refractivity contribution in [2.45, 2.75) is 84.2 Å². The molecule has 1 aliphatic heterocycles. The summed E-state index contributed by atoms with van der Waals surface area (Å²) < 4.78 is 34.0. The molecule has 43 heavy (non-hydrogen) atoms. The first-order chi connectivity index (χ1) is 20.1. The zero-order chi connectivity index (χ0) is 31.8. The van der Waals surface area contributed by atoms with Crippen LogP contribution in [-0.2, 0) is 21.2 Å². The van der Waals surface area contributed by atoms with Crippen LogP contribution in [0.3, 0.4) is 0 Å². The van der Waals surface area contributed by atoms with Gasteiger partial charge < -0.3 is 15.2 Å². The smallest absolute Gasteiger partial charge is 0.411 e. The van der Waals surface area contributed by atoms with Crippen LogP contribution in [0.4, 0.5) is 10.5 Å². The van der Waals surface area contributed by atoms with E-state index in [2.05, 4.69) is 28.9 Å². The molecule has 2 aromatic carbocycles. The van der Waals surface area contributed by atoms with Crippen molar-refractivity contribution < 1.29 is 23.1 Å². The number of thioether (sulfide) groups is 1. The average Bonchev–Trinajstić information content (AvgIpc) is 3.05. The van der Waals surface area contributed by atoms with Crippen molar-refractivity contribution in [1.29, 1.82) is 0 Å². The van der Waals surface area contributed by atoms with E-state index in [1.807, 2.05) is 42.5 Å². The number of nitrogens with zero attached hydrogens (tertiary/aromatic N) is 1. The quantitative estimate of drug-likeness (QED) is 0.250. The largest absolute Gasteiger partial charge is 0.447 e. The van der Waals surface area contributed by atoms with Gasteiger partial charge in [0.1, 0.15) is 0 Å². The third kappa shape index (κ3) is 11.4. The lowest BCUT2D eigenvalue weighted by Gasteiger charge is -2.29. The van der Waals surface area contributed by atoms with E-state index in [-0.39, 0.29) is 35.4 Å². The Balaban J connectivity index is 1.80. The maximum atomic E-state index is 13.1. The van der Waals surface area contributed by atoms with Crippen molar-refractivity contribution in [3.05, 3.63) is 77.2 Å². The molecule has 3 rings (SSSR count). The second kappa shape index (κ2) is 15.3. The minimum atomic E-state index is -3.77. The number of carbonyl (C=O) groups excluding carboxylic acids is 1. The normalized spacial score (nSPS) is 20.2. The number of aliphatic hydroxyl groups excluding tert-OH is 1. The molecule has 1 amide bonds. The van der Waals surface area contributed by atoms with Gasteiger partial charge in [0.15, 0.2) is 0 Å². The van der Waals surface area contributed by atoms with Gasteiger partial charge in [-0.15, -0.1) is 11.8 Å². The molecule has 4 atom stereocenters. The van der Waals surface area contributed by atoms with Gasteiger partial charge in [-0.2, -0.15) is 0 Å². The molecule has 2 aromatic rings. The van der Waals surface area contributed by atoms with Crippen LogP contribution in [0.1, 0.15) is 59.1 Å². The average molecular weight is 631 g/mol. The van der Waals surface area contributed by atoms with Crippen molar-refractivity contribution in [3.63, 3.8) is 0 Å². The first-order valence-electron chi connectivity index (χ1n) is 14.6. The Bertz CT molecular complexity index is 1360. The molecule has 1 aliphatic rings. The first kappa shape index (κ1) is 34.8. The Kier molecular flexibility index (Phi) is 12.4. The highest BCUT2D eigenvalue weighted by atomic mass is 32.2. The van der Waals surface area contributed by atoms with Gasteiger partial charge in [-0.3, -0.25) is 10.3 Å². The van der Waals surface area contributed by atoms with E-state index in [1.54, 1.807) is 58.5 Å². The van der Waals surface area contributed by atoms with Crippen molar-refractivity contribution >= 4 is 38.6 Å². The molecule has 0 radical (unpaired) electrons. The third-order valence-electron chi connectivity index (χ3n) is 6.83. The predicted octanol–water partition coefficient (Wildman–Crippen LogP) is 5.33. The number of benzene rings is 2. The number of carbonyl (C=O) groups is 1. The van der Waals surface area contributed by atoms with Gasteiger partial charge in [-0.1, -0.05) is 56.0 Å². The molecule has 0 aromatic heterocycles. The number of aliphatic imine (C=N–C) groups is 1. The van der Waals surface area contributed by atoms with Crippen LogP contribution in [-0.4, -0.2) is 66.8 Å². The van der Waals surface area contributed by atoms with Crippen LogP contribution in [0.25, 0.3) is 0 Å². The van der Waals surface area contributed by atoms with E-state index in [9.17, 15) is 18.3 Å². The Hall–Kier alpha value is -2.70. The van der Waals surface area contributed by atoms with Gasteiger partial charge in [0.25, 0.3) is 0 Å². The lowest BCUT2D eigenvalue weighted by molar-refractivity contribution is 0.130. The van der Waals surface area contributed by atoms with Crippen LogP contribution < -0.4 is 15.4 Å². The molecule has 4 N–H and O–H groups in total. The molecule has 0 aliphatic carbocycles. The highest BCUT2D eigenvalue weighted by Gasteiger charge is 2.33. The number of amides is 1. The molecule has 9 nitrogen and oxygen atoms in total. The molecule has 0 spiro atoms. The molecule has 236 valence electrons. The minimum Gasteiger partial charge on any atom is -0.447 e. The zero-order valence-electron chi connectivity index (χ0n) is 26.0. The van der Waals surface area contributed by atoms with E-state index in [0.717, 1.165) is 16.2 Å². The zero-order valence-corrected chi connectivity index (χ0v) is 27.6. The fraction of sp³-hybridized carbons (Fsp3) is 0.500. The van der Waals surface area contributed by atoms with Gasteiger partial charge >= 0.3 is 6.09 Å². The maximum absolute atomic E-state index is 13.1. The summed E-state index contributed by atoms with van der Waals surface area (Å²) in [5, 5.41) is 17.8. The number of hydrogen-bond acceptors (Lipinski definition) is 8. The lowest BCUT2D eigenvalue weighted by Crippen LogP contribution is -2.45. The Labute approximate surface area is 261 Å². The van der Waals surface area contributed by atoms with Gasteiger partial charge in [0, 0.05) is 41.6 Å².